The lowest BCUT2D eigenvalue weighted by atomic mass is 10.2. The molecule has 2 aliphatic heterocycles. The lowest BCUT2D eigenvalue weighted by Crippen LogP contribution is -2.41. The van der Waals surface area contributed by atoms with Crippen LogP contribution in [0.4, 0.5) is 10.5 Å². The van der Waals surface area contributed by atoms with E-state index in [1.165, 1.54) is 4.68 Å². The molecule has 2 aromatic rings. The molecule has 1 aromatic carbocycles. The molecule has 0 unspecified atom stereocenters. The summed E-state index contributed by atoms with van der Waals surface area (Å²) < 4.78 is 2.99. The van der Waals surface area contributed by atoms with Crippen LogP contribution in [0.15, 0.2) is 29.1 Å². The van der Waals surface area contributed by atoms with Crippen LogP contribution in [-0.4, -0.2) is 62.3 Å². The average Bonchev–Trinajstić information content (AvgIpc) is 2.99. The van der Waals surface area contributed by atoms with Crippen LogP contribution in [0.3, 0.4) is 0 Å². The van der Waals surface area contributed by atoms with E-state index < -0.39 is 0 Å². The molecule has 2 aliphatic rings. The molecule has 3 amide bonds. The van der Waals surface area contributed by atoms with Gasteiger partial charge in [-0.05, 0) is 37.5 Å². The largest absolute Gasteiger partial charge is 0.346 e. The number of fused-ring (bicyclic) bond motifs is 1. The number of amides is 3. The first-order valence-electron chi connectivity index (χ1n) is 10.8. The third-order valence-electron chi connectivity index (χ3n) is 5.78. The number of carbonyl (C=O) groups is 2. The molecule has 4 rings (SSSR count). The Balaban J connectivity index is 1.35. The number of aryl methyl sites for hydroxylation is 1. The van der Waals surface area contributed by atoms with E-state index in [0.29, 0.717) is 49.9 Å². The van der Waals surface area contributed by atoms with Gasteiger partial charge in [0.25, 0.3) is 0 Å². The first-order chi connectivity index (χ1) is 15.0. The highest BCUT2D eigenvalue weighted by atomic mass is 35.5. The number of halogens is 1. The van der Waals surface area contributed by atoms with Crippen molar-refractivity contribution in [2.75, 3.05) is 31.5 Å². The standard InChI is InChI=1S/C21H27ClN6O3/c22-16-6-4-7-17(14-16)23-20(30)26-10-5-9-25(12-13-26)19(29)15-28-21(31)27-11-3-1-2-8-18(27)24-28/h4,6-7,14H,1-3,5,8-13,15H2,(H,23,30). The molecule has 0 atom stereocenters. The van der Waals surface area contributed by atoms with Gasteiger partial charge in [-0.2, -0.15) is 5.10 Å². The monoisotopic (exact) mass is 446 g/mol. The Kier molecular flexibility index (Phi) is 6.60. The van der Waals surface area contributed by atoms with Crippen molar-refractivity contribution in [3.05, 3.63) is 45.6 Å². The molecule has 0 bridgehead atoms. The lowest BCUT2D eigenvalue weighted by molar-refractivity contribution is -0.132. The molecule has 1 fully saturated rings. The van der Waals surface area contributed by atoms with Crippen LogP contribution in [0.25, 0.3) is 0 Å². The predicted molar refractivity (Wildman–Crippen MR) is 117 cm³/mol. The van der Waals surface area contributed by atoms with E-state index in [4.69, 9.17) is 11.6 Å². The Morgan fingerprint density at radius 2 is 1.81 bits per heavy atom. The molecule has 0 aliphatic carbocycles. The summed E-state index contributed by atoms with van der Waals surface area (Å²) in [5.74, 6) is 0.627. The van der Waals surface area contributed by atoms with Crippen molar-refractivity contribution in [2.45, 2.75) is 45.2 Å². The van der Waals surface area contributed by atoms with Crippen molar-refractivity contribution in [1.82, 2.24) is 24.1 Å². The van der Waals surface area contributed by atoms with Crippen LogP contribution in [0.2, 0.25) is 5.02 Å². The SMILES string of the molecule is O=C(Cn1nc2n(c1=O)CCCCC2)N1CCCN(C(=O)Nc2cccc(Cl)c2)CC1. The van der Waals surface area contributed by atoms with E-state index in [2.05, 4.69) is 10.4 Å². The first-order valence-corrected chi connectivity index (χ1v) is 11.1. The molecule has 0 saturated carbocycles. The molecule has 0 spiro atoms. The van der Waals surface area contributed by atoms with Gasteiger partial charge in [-0.1, -0.05) is 24.1 Å². The Hall–Kier alpha value is -2.81. The quantitative estimate of drug-likeness (QED) is 0.782. The van der Waals surface area contributed by atoms with E-state index in [-0.39, 0.29) is 24.2 Å². The smallest absolute Gasteiger partial charge is 0.339 e. The van der Waals surface area contributed by atoms with E-state index in [0.717, 1.165) is 31.5 Å². The third kappa shape index (κ3) is 5.10. The van der Waals surface area contributed by atoms with Gasteiger partial charge in [-0.15, -0.1) is 0 Å². The predicted octanol–water partition coefficient (Wildman–Crippen LogP) is 2.19. The van der Waals surface area contributed by atoms with Gasteiger partial charge in [0.1, 0.15) is 12.4 Å². The number of anilines is 1. The number of hydrogen-bond donors (Lipinski definition) is 1. The molecule has 31 heavy (non-hydrogen) atoms. The van der Waals surface area contributed by atoms with Gasteiger partial charge in [0, 0.05) is 49.9 Å². The van der Waals surface area contributed by atoms with E-state index in [9.17, 15) is 14.4 Å². The Labute approximate surface area is 185 Å². The summed E-state index contributed by atoms with van der Waals surface area (Å²) in [5, 5.41) is 7.80. The van der Waals surface area contributed by atoms with Crippen LogP contribution in [0.1, 0.15) is 31.5 Å². The van der Waals surface area contributed by atoms with Crippen molar-refractivity contribution in [3.63, 3.8) is 0 Å². The zero-order valence-electron chi connectivity index (χ0n) is 17.4. The highest BCUT2D eigenvalue weighted by molar-refractivity contribution is 6.30. The summed E-state index contributed by atoms with van der Waals surface area (Å²) in [4.78, 5) is 41.5. The Bertz CT molecular complexity index is 1020. The molecule has 9 nitrogen and oxygen atoms in total. The maximum absolute atomic E-state index is 12.8. The van der Waals surface area contributed by atoms with Crippen molar-refractivity contribution < 1.29 is 9.59 Å². The zero-order chi connectivity index (χ0) is 21.8. The summed E-state index contributed by atoms with van der Waals surface area (Å²) in [6.07, 6.45) is 4.52. The number of urea groups is 1. The molecule has 1 saturated heterocycles. The fourth-order valence-corrected chi connectivity index (χ4v) is 4.29. The minimum Gasteiger partial charge on any atom is -0.339 e. The zero-order valence-corrected chi connectivity index (χ0v) is 18.2. The molecule has 1 N–H and O–H groups in total. The molecule has 0 radical (unpaired) electrons. The highest BCUT2D eigenvalue weighted by Gasteiger charge is 2.24. The Morgan fingerprint density at radius 3 is 2.65 bits per heavy atom. The topological polar surface area (TPSA) is 92.5 Å². The summed E-state index contributed by atoms with van der Waals surface area (Å²) in [7, 11) is 0. The molecular weight excluding hydrogens is 420 g/mol. The number of rotatable bonds is 3. The van der Waals surface area contributed by atoms with Crippen LogP contribution in [0, 0.1) is 0 Å². The third-order valence-corrected chi connectivity index (χ3v) is 6.01. The second-order valence-corrected chi connectivity index (χ2v) is 8.42. The maximum Gasteiger partial charge on any atom is 0.346 e. The van der Waals surface area contributed by atoms with Gasteiger partial charge >= 0.3 is 11.7 Å². The second-order valence-electron chi connectivity index (χ2n) is 7.98. The van der Waals surface area contributed by atoms with Gasteiger partial charge in [0.2, 0.25) is 5.91 Å². The minimum atomic E-state index is -0.217. The van der Waals surface area contributed by atoms with Gasteiger partial charge < -0.3 is 15.1 Å². The second kappa shape index (κ2) is 9.55. The minimum absolute atomic E-state index is 0.0620. The highest BCUT2D eigenvalue weighted by Crippen LogP contribution is 2.16. The molecular formula is C21H27ClN6O3. The number of carbonyl (C=O) groups excluding carboxylic acids is 2. The van der Waals surface area contributed by atoms with Gasteiger partial charge in [-0.25, -0.2) is 14.3 Å². The molecule has 166 valence electrons. The molecule has 1 aromatic heterocycles. The first kappa shape index (κ1) is 21.4. The van der Waals surface area contributed by atoms with E-state index >= 15 is 0 Å². The number of nitrogens with zero attached hydrogens (tertiary/aromatic N) is 5. The van der Waals surface area contributed by atoms with Crippen molar-refractivity contribution >= 4 is 29.2 Å². The van der Waals surface area contributed by atoms with Gasteiger partial charge in [0.15, 0.2) is 0 Å². The van der Waals surface area contributed by atoms with Crippen LogP contribution < -0.4 is 11.0 Å². The Morgan fingerprint density at radius 1 is 1.00 bits per heavy atom. The summed E-state index contributed by atoms with van der Waals surface area (Å²) in [5.41, 5.74) is 0.427. The maximum atomic E-state index is 12.8. The van der Waals surface area contributed by atoms with Crippen molar-refractivity contribution in [1.29, 1.82) is 0 Å². The fraction of sp³-hybridized carbons (Fsp3) is 0.524. The van der Waals surface area contributed by atoms with Gasteiger partial charge in [0.05, 0.1) is 0 Å². The van der Waals surface area contributed by atoms with Crippen LogP contribution in [-0.2, 0) is 24.3 Å². The number of benzene rings is 1. The van der Waals surface area contributed by atoms with Crippen molar-refractivity contribution in [3.8, 4) is 0 Å². The normalized spacial score (nSPS) is 16.9. The summed E-state index contributed by atoms with van der Waals surface area (Å²) in [6, 6.07) is 6.78. The number of nitrogens with one attached hydrogen (secondary N) is 1. The number of aromatic nitrogens is 3. The van der Waals surface area contributed by atoms with Crippen LogP contribution in [0.5, 0.6) is 0 Å². The molecule has 10 heteroatoms. The van der Waals surface area contributed by atoms with E-state index in [1.807, 2.05) is 0 Å². The summed E-state index contributed by atoms with van der Waals surface area (Å²) in [6.45, 7) is 2.55. The van der Waals surface area contributed by atoms with E-state index in [1.54, 1.807) is 38.6 Å². The van der Waals surface area contributed by atoms with Crippen molar-refractivity contribution in [2.24, 2.45) is 0 Å². The molecule has 3 heterocycles. The van der Waals surface area contributed by atoms with Crippen LogP contribution >= 0.6 is 11.6 Å². The number of hydrogen-bond acceptors (Lipinski definition) is 4. The average molecular weight is 447 g/mol. The summed E-state index contributed by atoms with van der Waals surface area (Å²) >= 11 is 5.97. The lowest BCUT2D eigenvalue weighted by Gasteiger charge is -2.22. The van der Waals surface area contributed by atoms with Gasteiger partial charge in [-0.3, -0.25) is 9.36 Å². The fourth-order valence-electron chi connectivity index (χ4n) is 4.10.